The number of rotatable bonds is 5. The zero-order chi connectivity index (χ0) is 21.5. The van der Waals surface area contributed by atoms with Gasteiger partial charge in [-0.15, -0.1) is 0 Å². The van der Waals surface area contributed by atoms with E-state index in [2.05, 4.69) is 40.3 Å². The van der Waals surface area contributed by atoms with E-state index < -0.39 is 0 Å². The predicted octanol–water partition coefficient (Wildman–Crippen LogP) is 4.92. The third kappa shape index (κ3) is 3.86. The van der Waals surface area contributed by atoms with E-state index in [1.807, 2.05) is 19.2 Å². The minimum atomic E-state index is -0.350. The molecule has 6 nitrogen and oxygen atoms in total. The van der Waals surface area contributed by atoms with Crippen LogP contribution in [0.3, 0.4) is 0 Å². The van der Waals surface area contributed by atoms with Gasteiger partial charge in [0.2, 0.25) is 5.88 Å². The molecule has 3 heterocycles. The molecule has 2 saturated carbocycles. The molecular weight excluding hydrogens is 402 g/mol. The monoisotopic (exact) mass is 431 g/mol. The van der Waals surface area contributed by atoms with Crippen LogP contribution in [-0.2, 0) is 9.47 Å². The van der Waals surface area contributed by atoms with Crippen LogP contribution in [-0.4, -0.2) is 40.6 Å². The van der Waals surface area contributed by atoms with Crippen LogP contribution in [0.15, 0.2) is 42.6 Å². The van der Waals surface area contributed by atoms with Gasteiger partial charge < -0.3 is 14.2 Å². The molecule has 166 valence electrons. The van der Waals surface area contributed by atoms with Gasteiger partial charge in [-0.05, 0) is 44.2 Å². The SMILES string of the molecule is Cc1ncc(C2CCC3(CC2)OCCO3)c(OCC2CC2c2ccc3ccccc3n2)n1. The largest absolute Gasteiger partial charge is 0.477 e. The summed E-state index contributed by atoms with van der Waals surface area (Å²) >= 11 is 0. The lowest BCUT2D eigenvalue weighted by Gasteiger charge is -2.35. The maximum absolute atomic E-state index is 6.31. The van der Waals surface area contributed by atoms with Crippen molar-refractivity contribution < 1.29 is 14.2 Å². The lowest BCUT2D eigenvalue weighted by molar-refractivity contribution is -0.178. The normalized spacial score (nSPS) is 24.8. The first-order chi connectivity index (χ1) is 15.7. The topological polar surface area (TPSA) is 66.4 Å². The number of benzene rings is 1. The summed E-state index contributed by atoms with van der Waals surface area (Å²) in [5.74, 6) is 2.50. The molecule has 0 radical (unpaired) electrons. The summed E-state index contributed by atoms with van der Waals surface area (Å²) in [7, 11) is 0. The third-order valence-corrected chi connectivity index (χ3v) is 7.26. The summed E-state index contributed by atoms with van der Waals surface area (Å²) in [6, 6.07) is 12.6. The van der Waals surface area contributed by atoms with Crippen LogP contribution in [0.4, 0.5) is 0 Å². The highest BCUT2D eigenvalue weighted by molar-refractivity contribution is 5.78. The van der Waals surface area contributed by atoms with Crippen LogP contribution in [0.2, 0.25) is 0 Å². The zero-order valence-corrected chi connectivity index (χ0v) is 18.5. The van der Waals surface area contributed by atoms with Crippen molar-refractivity contribution in [3.63, 3.8) is 0 Å². The fourth-order valence-corrected chi connectivity index (χ4v) is 5.28. The summed E-state index contributed by atoms with van der Waals surface area (Å²) in [6.45, 7) is 4.01. The number of fused-ring (bicyclic) bond motifs is 1. The van der Waals surface area contributed by atoms with Gasteiger partial charge in [-0.3, -0.25) is 4.98 Å². The molecule has 32 heavy (non-hydrogen) atoms. The predicted molar refractivity (Wildman–Crippen MR) is 121 cm³/mol. The molecule has 1 saturated heterocycles. The Bertz CT molecular complexity index is 1120. The first kappa shape index (κ1) is 20.1. The number of hydrogen-bond donors (Lipinski definition) is 0. The molecule has 0 amide bonds. The summed E-state index contributed by atoms with van der Waals surface area (Å²) in [4.78, 5) is 14.0. The quantitative estimate of drug-likeness (QED) is 0.571. The molecule has 3 aromatic rings. The summed E-state index contributed by atoms with van der Waals surface area (Å²) in [5, 5.41) is 1.19. The zero-order valence-electron chi connectivity index (χ0n) is 18.5. The van der Waals surface area contributed by atoms with Gasteiger partial charge in [0.05, 0.1) is 25.3 Å². The van der Waals surface area contributed by atoms with Crippen molar-refractivity contribution in [2.24, 2.45) is 5.92 Å². The number of para-hydroxylation sites is 1. The number of hydrogen-bond acceptors (Lipinski definition) is 6. The maximum Gasteiger partial charge on any atom is 0.220 e. The molecule has 2 unspecified atom stereocenters. The van der Waals surface area contributed by atoms with E-state index in [9.17, 15) is 0 Å². The number of aromatic nitrogens is 3. The van der Waals surface area contributed by atoms with Crippen LogP contribution in [0.25, 0.3) is 10.9 Å². The van der Waals surface area contributed by atoms with Crippen LogP contribution < -0.4 is 4.74 Å². The van der Waals surface area contributed by atoms with Crippen LogP contribution in [0.5, 0.6) is 5.88 Å². The van der Waals surface area contributed by atoms with Gasteiger partial charge in [0.15, 0.2) is 5.79 Å². The molecule has 1 aromatic carbocycles. The first-order valence-corrected chi connectivity index (χ1v) is 11.8. The van der Waals surface area contributed by atoms with E-state index in [0.29, 0.717) is 37.6 Å². The molecule has 1 aliphatic heterocycles. The van der Waals surface area contributed by atoms with Crippen LogP contribution in [0.1, 0.15) is 61.0 Å². The number of aryl methyl sites for hydroxylation is 1. The van der Waals surface area contributed by atoms with E-state index in [1.165, 1.54) is 11.1 Å². The van der Waals surface area contributed by atoms with Gasteiger partial charge in [0, 0.05) is 47.5 Å². The molecule has 2 aromatic heterocycles. The Morgan fingerprint density at radius 2 is 1.84 bits per heavy atom. The van der Waals surface area contributed by atoms with Crippen molar-refractivity contribution in [2.45, 2.75) is 56.7 Å². The van der Waals surface area contributed by atoms with Crippen molar-refractivity contribution in [3.8, 4) is 5.88 Å². The first-order valence-electron chi connectivity index (χ1n) is 11.8. The van der Waals surface area contributed by atoms with E-state index in [-0.39, 0.29) is 5.79 Å². The Kier molecular flexibility index (Phi) is 5.07. The van der Waals surface area contributed by atoms with Crippen LogP contribution in [0, 0.1) is 12.8 Å². The third-order valence-electron chi connectivity index (χ3n) is 7.26. The summed E-state index contributed by atoms with van der Waals surface area (Å²) in [5.41, 5.74) is 3.37. The van der Waals surface area contributed by atoms with E-state index in [4.69, 9.17) is 19.2 Å². The summed E-state index contributed by atoms with van der Waals surface area (Å²) in [6.07, 6.45) is 6.94. The highest BCUT2D eigenvalue weighted by Gasteiger charge is 2.42. The molecule has 6 rings (SSSR count). The Labute approximate surface area is 188 Å². The van der Waals surface area contributed by atoms with E-state index in [0.717, 1.165) is 54.9 Å². The van der Waals surface area contributed by atoms with Gasteiger partial charge in [-0.25, -0.2) is 4.98 Å². The fraction of sp³-hybridized carbons (Fsp3) is 0.500. The minimum Gasteiger partial charge on any atom is -0.477 e. The average Bonchev–Trinajstić information content (AvgIpc) is 3.48. The average molecular weight is 432 g/mol. The molecule has 0 bridgehead atoms. The van der Waals surface area contributed by atoms with Gasteiger partial charge in [-0.1, -0.05) is 24.3 Å². The van der Waals surface area contributed by atoms with Crippen LogP contribution >= 0.6 is 0 Å². The fourth-order valence-electron chi connectivity index (χ4n) is 5.28. The van der Waals surface area contributed by atoms with Crippen molar-refractivity contribution in [2.75, 3.05) is 19.8 Å². The second-order valence-electron chi connectivity index (χ2n) is 9.40. The molecule has 2 atom stereocenters. The smallest absolute Gasteiger partial charge is 0.220 e. The second-order valence-corrected chi connectivity index (χ2v) is 9.40. The van der Waals surface area contributed by atoms with Gasteiger partial charge >= 0.3 is 0 Å². The molecule has 6 heteroatoms. The highest BCUT2D eigenvalue weighted by Crippen LogP contribution is 2.48. The summed E-state index contributed by atoms with van der Waals surface area (Å²) < 4.78 is 18.1. The van der Waals surface area contributed by atoms with Gasteiger partial charge in [-0.2, -0.15) is 4.98 Å². The van der Waals surface area contributed by atoms with Gasteiger partial charge in [0.1, 0.15) is 5.82 Å². The Hall–Kier alpha value is -2.57. The van der Waals surface area contributed by atoms with Crippen molar-refractivity contribution >= 4 is 10.9 Å². The maximum atomic E-state index is 6.31. The Morgan fingerprint density at radius 3 is 2.69 bits per heavy atom. The van der Waals surface area contributed by atoms with Crippen molar-refractivity contribution in [1.29, 1.82) is 0 Å². The van der Waals surface area contributed by atoms with E-state index >= 15 is 0 Å². The van der Waals surface area contributed by atoms with E-state index in [1.54, 1.807) is 0 Å². The Balaban J connectivity index is 1.12. The molecule has 3 fully saturated rings. The number of pyridine rings is 1. The molecule has 0 N–H and O–H groups in total. The van der Waals surface area contributed by atoms with Crippen molar-refractivity contribution in [3.05, 3.63) is 59.7 Å². The van der Waals surface area contributed by atoms with Gasteiger partial charge in [0.25, 0.3) is 0 Å². The van der Waals surface area contributed by atoms with Crippen molar-refractivity contribution in [1.82, 2.24) is 15.0 Å². The standard InChI is InChI=1S/C26H29N3O3/c1-17-27-15-22(18-8-10-26(11-9-18)31-12-13-32-26)25(28-17)30-16-20-14-21(20)24-7-6-19-4-2-3-5-23(19)29-24/h2-7,15,18,20-21H,8-14,16H2,1H3. The second kappa shape index (κ2) is 8.09. The molecular formula is C26H29N3O3. The molecule has 1 spiro atoms. The highest BCUT2D eigenvalue weighted by atomic mass is 16.7. The Morgan fingerprint density at radius 1 is 1.03 bits per heavy atom. The molecule has 3 aliphatic rings. The lowest BCUT2D eigenvalue weighted by Crippen LogP contribution is -2.34. The number of ether oxygens (including phenoxy) is 3. The lowest BCUT2D eigenvalue weighted by atomic mass is 9.81. The molecule has 2 aliphatic carbocycles. The number of nitrogens with zero attached hydrogens (tertiary/aromatic N) is 3. The minimum absolute atomic E-state index is 0.350.